The van der Waals surface area contributed by atoms with Gasteiger partial charge in [0.25, 0.3) is 0 Å². The second-order valence-corrected chi connectivity index (χ2v) is 15.1. The Hall–Kier alpha value is -5.20. The molecule has 284 valence electrons. The first-order chi connectivity index (χ1) is 26.8. The molecule has 5 heterocycles. The molecule has 13 heteroatoms. The number of thiophene rings is 1. The molecule has 1 unspecified atom stereocenters. The lowest BCUT2D eigenvalue weighted by molar-refractivity contribution is -0.143. The molecule has 0 aliphatic carbocycles. The number of aryl methyl sites for hydroxylation is 2. The SMILES string of the molecule is CCOC(=O)CCCCO/N=C(\c1cccnc1)c1cccc(CCCC(=O)N2CCc3c(sc4c3C(c3ccccc3Cl)=NC(C)c3nnc(C)n3-4)C2)c1. The van der Waals surface area contributed by atoms with E-state index in [1.54, 1.807) is 30.7 Å². The maximum atomic E-state index is 13.7. The number of carbonyl (C=O) groups is 2. The number of benzene rings is 2. The molecule has 0 N–H and O–H groups in total. The molecule has 0 bridgehead atoms. The van der Waals surface area contributed by atoms with E-state index in [1.165, 1.54) is 5.56 Å². The zero-order chi connectivity index (χ0) is 38.3. The van der Waals surface area contributed by atoms with Gasteiger partial charge < -0.3 is 14.5 Å². The minimum atomic E-state index is -0.201. The monoisotopic (exact) mass is 777 g/mol. The minimum absolute atomic E-state index is 0.147. The van der Waals surface area contributed by atoms with Crippen LogP contribution in [0.1, 0.15) is 102 Å². The van der Waals surface area contributed by atoms with Crippen molar-refractivity contribution in [3.8, 4) is 5.00 Å². The zero-order valence-electron chi connectivity index (χ0n) is 31.3. The van der Waals surface area contributed by atoms with Crippen LogP contribution in [0, 0.1) is 6.92 Å². The molecule has 0 saturated carbocycles. The van der Waals surface area contributed by atoms with Gasteiger partial charge in [0.1, 0.15) is 29.2 Å². The summed E-state index contributed by atoms with van der Waals surface area (Å²) in [4.78, 5) is 43.7. The number of nitrogens with zero attached hydrogens (tertiary/aromatic N) is 7. The van der Waals surface area contributed by atoms with E-state index in [9.17, 15) is 9.59 Å². The van der Waals surface area contributed by atoms with Gasteiger partial charge in [0.15, 0.2) is 5.82 Å². The molecule has 2 aliphatic rings. The molecule has 5 aromatic rings. The van der Waals surface area contributed by atoms with E-state index in [1.807, 2.05) is 67.3 Å². The predicted octanol–water partition coefficient (Wildman–Crippen LogP) is 8.01. The molecule has 0 fully saturated rings. The summed E-state index contributed by atoms with van der Waals surface area (Å²) in [6.07, 6.45) is 7.84. The summed E-state index contributed by atoms with van der Waals surface area (Å²) in [7, 11) is 0. The summed E-state index contributed by atoms with van der Waals surface area (Å²) in [6.45, 7) is 7.77. The Labute approximate surface area is 330 Å². The second kappa shape index (κ2) is 17.5. The summed E-state index contributed by atoms with van der Waals surface area (Å²) < 4.78 is 7.13. The number of oxime groups is 1. The number of rotatable bonds is 14. The van der Waals surface area contributed by atoms with Crippen molar-refractivity contribution in [1.29, 1.82) is 0 Å². The van der Waals surface area contributed by atoms with Crippen LogP contribution in [0.3, 0.4) is 0 Å². The van der Waals surface area contributed by atoms with Crippen LogP contribution in [-0.4, -0.2) is 67.7 Å². The number of pyridine rings is 1. The van der Waals surface area contributed by atoms with Crippen LogP contribution in [0.5, 0.6) is 0 Å². The van der Waals surface area contributed by atoms with Crippen molar-refractivity contribution < 1.29 is 19.2 Å². The van der Waals surface area contributed by atoms with Crippen molar-refractivity contribution in [2.24, 2.45) is 10.1 Å². The van der Waals surface area contributed by atoms with Gasteiger partial charge in [-0.2, -0.15) is 0 Å². The summed E-state index contributed by atoms with van der Waals surface area (Å²) in [6, 6.07) is 19.7. The van der Waals surface area contributed by atoms with Crippen LogP contribution in [0.25, 0.3) is 5.00 Å². The van der Waals surface area contributed by atoms with Gasteiger partial charge >= 0.3 is 5.97 Å². The van der Waals surface area contributed by atoms with E-state index in [2.05, 4.69) is 37.0 Å². The molecular weight excluding hydrogens is 734 g/mol. The third-order valence-corrected chi connectivity index (χ3v) is 11.4. The van der Waals surface area contributed by atoms with Crippen LogP contribution < -0.4 is 0 Å². The number of unbranched alkanes of at least 4 members (excludes halogenated alkanes) is 1. The maximum Gasteiger partial charge on any atom is 0.305 e. The first-order valence-electron chi connectivity index (χ1n) is 18.8. The van der Waals surface area contributed by atoms with E-state index in [4.69, 9.17) is 26.2 Å². The fourth-order valence-corrected chi connectivity index (χ4v) is 8.75. The van der Waals surface area contributed by atoms with Crippen molar-refractivity contribution in [1.82, 2.24) is 24.6 Å². The molecule has 0 radical (unpaired) electrons. The quantitative estimate of drug-likeness (QED) is 0.0484. The maximum absolute atomic E-state index is 13.7. The van der Waals surface area contributed by atoms with Crippen LogP contribution in [0.2, 0.25) is 5.02 Å². The van der Waals surface area contributed by atoms with Crippen molar-refractivity contribution in [3.63, 3.8) is 0 Å². The van der Waals surface area contributed by atoms with Crippen LogP contribution >= 0.6 is 22.9 Å². The topological polar surface area (TPSA) is 124 Å². The number of fused-ring (bicyclic) bond motifs is 5. The van der Waals surface area contributed by atoms with Crippen molar-refractivity contribution in [2.45, 2.75) is 78.3 Å². The highest BCUT2D eigenvalue weighted by atomic mass is 35.5. The van der Waals surface area contributed by atoms with Gasteiger partial charge in [-0.05, 0) is 88.3 Å². The average molecular weight is 778 g/mol. The highest BCUT2D eigenvalue weighted by molar-refractivity contribution is 7.15. The standard InChI is InChI=1S/C42H44ClN7O4S/c1-4-53-37(52)19-7-8-23-54-48-39(31-15-11-21-44-25-31)30-14-9-12-29(24-30)13-10-18-36(51)49-22-20-33-35(26-49)55-42-38(33)40(32-16-5-6-17-34(32)43)45-27(2)41-47-46-28(3)50(41)42/h5-6,9,11-12,14-17,21,24-25,27H,4,7-8,10,13,18-20,22-23,26H2,1-3H3/b48-39-. The smallest absolute Gasteiger partial charge is 0.305 e. The van der Waals surface area contributed by atoms with Crippen LogP contribution in [-0.2, 0) is 38.5 Å². The molecule has 2 aromatic carbocycles. The van der Waals surface area contributed by atoms with Crippen molar-refractivity contribution >= 4 is 46.2 Å². The fraction of sp³-hybridized carbons (Fsp3) is 0.357. The number of hydrogen-bond donors (Lipinski definition) is 0. The third-order valence-electron chi connectivity index (χ3n) is 9.83. The predicted molar refractivity (Wildman–Crippen MR) is 214 cm³/mol. The Morgan fingerprint density at radius 2 is 1.87 bits per heavy atom. The Morgan fingerprint density at radius 1 is 1.02 bits per heavy atom. The second-order valence-electron chi connectivity index (χ2n) is 13.7. The summed E-state index contributed by atoms with van der Waals surface area (Å²) in [5, 5.41) is 15.1. The minimum Gasteiger partial charge on any atom is -0.466 e. The Kier molecular flexibility index (Phi) is 12.1. The fourth-order valence-electron chi connectivity index (χ4n) is 7.11. The van der Waals surface area contributed by atoms with Gasteiger partial charge in [-0.15, -0.1) is 21.5 Å². The Morgan fingerprint density at radius 3 is 2.69 bits per heavy atom. The van der Waals surface area contributed by atoms with E-state index < -0.39 is 0 Å². The van der Waals surface area contributed by atoms with Crippen LogP contribution in [0.15, 0.2) is 83.2 Å². The number of carbonyl (C=O) groups excluding carboxylic acids is 2. The molecule has 55 heavy (non-hydrogen) atoms. The normalized spacial score (nSPS) is 15.1. The van der Waals surface area contributed by atoms with Crippen molar-refractivity contribution in [2.75, 3.05) is 19.8 Å². The number of halogens is 1. The number of aromatic nitrogens is 4. The Balaban J connectivity index is 1.02. The molecule has 2 aliphatic heterocycles. The van der Waals surface area contributed by atoms with E-state index in [-0.39, 0.29) is 17.9 Å². The third kappa shape index (κ3) is 8.55. The lowest BCUT2D eigenvalue weighted by atomic mass is 9.95. The first-order valence-corrected chi connectivity index (χ1v) is 20.0. The first kappa shape index (κ1) is 38.1. The van der Waals surface area contributed by atoms with Gasteiger partial charge in [-0.3, -0.25) is 24.1 Å². The molecule has 7 rings (SSSR count). The van der Waals surface area contributed by atoms with Gasteiger partial charge in [-0.25, -0.2) is 0 Å². The summed E-state index contributed by atoms with van der Waals surface area (Å²) >= 11 is 8.46. The molecule has 0 saturated heterocycles. The molecule has 0 spiro atoms. The van der Waals surface area contributed by atoms with Gasteiger partial charge in [0.2, 0.25) is 5.91 Å². The lowest BCUT2D eigenvalue weighted by Crippen LogP contribution is -2.35. The Bertz CT molecular complexity index is 2230. The number of ether oxygens (including phenoxy) is 1. The molecule has 3 aromatic heterocycles. The highest BCUT2D eigenvalue weighted by Gasteiger charge is 2.34. The number of aliphatic imine (C=N–C) groups is 1. The van der Waals surface area contributed by atoms with Gasteiger partial charge in [0, 0.05) is 63.9 Å². The van der Waals surface area contributed by atoms with Gasteiger partial charge in [0.05, 0.1) is 18.9 Å². The average Bonchev–Trinajstić information content (AvgIpc) is 3.73. The molecule has 1 atom stereocenters. The number of hydrogen-bond acceptors (Lipinski definition) is 10. The summed E-state index contributed by atoms with van der Waals surface area (Å²) in [5.74, 6) is 1.56. The molecular formula is C42H44ClN7O4S. The van der Waals surface area contributed by atoms with E-state index in [0.29, 0.717) is 69.1 Å². The zero-order valence-corrected chi connectivity index (χ0v) is 32.9. The van der Waals surface area contributed by atoms with E-state index in [0.717, 1.165) is 67.9 Å². The highest BCUT2D eigenvalue weighted by Crippen LogP contribution is 2.42. The van der Waals surface area contributed by atoms with Gasteiger partial charge in [-0.1, -0.05) is 53.2 Å². The molecule has 1 amide bonds. The van der Waals surface area contributed by atoms with Crippen molar-refractivity contribution in [3.05, 3.63) is 128 Å². The van der Waals surface area contributed by atoms with Crippen LogP contribution in [0.4, 0.5) is 0 Å². The number of esters is 1. The molecule has 11 nitrogen and oxygen atoms in total. The van der Waals surface area contributed by atoms with E-state index >= 15 is 0 Å². The summed E-state index contributed by atoms with van der Waals surface area (Å²) in [5.41, 5.74) is 7.59. The largest absolute Gasteiger partial charge is 0.466 e. The lowest BCUT2D eigenvalue weighted by Gasteiger charge is -2.28. The number of amides is 1.